The summed E-state index contributed by atoms with van der Waals surface area (Å²) in [7, 11) is 0. The fourth-order valence-corrected chi connectivity index (χ4v) is 3.06. The van der Waals surface area contributed by atoms with Crippen LogP contribution in [0.3, 0.4) is 0 Å². The first kappa shape index (κ1) is 12.6. The lowest BCUT2D eigenvalue weighted by Gasteiger charge is -2.30. The van der Waals surface area contributed by atoms with Gasteiger partial charge in [0, 0.05) is 24.9 Å². The van der Waals surface area contributed by atoms with Crippen molar-refractivity contribution in [2.75, 3.05) is 13.2 Å². The molecule has 2 aliphatic heterocycles. The Morgan fingerprint density at radius 3 is 3.26 bits per heavy atom. The second kappa shape index (κ2) is 5.27. The summed E-state index contributed by atoms with van der Waals surface area (Å²) in [5.74, 6) is -0.0807. The number of fused-ring (bicyclic) bond motifs is 2. The van der Waals surface area contributed by atoms with E-state index >= 15 is 0 Å². The minimum absolute atomic E-state index is 0.122. The summed E-state index contributed by atoms with van der Waals surface area (Å²) in [6.07, 6.45) is 5.18. The van der Waals surface area contributed by atoms with Crippen LogP contribution in [-0.2, 0) is 14.4 Å². The molecule has 3 rings (SSSR count). The van der Waals surface area contributed by atoms with Crippen LogP contribution in [0.15, 0.2) is 24.5 Å². The highest BCUT2D eigenvalue weighted by atomic mass is 16.7. The summed E-state index contributed by atoms with van der Waals surface area (Å²) >= 11 is 0. The Morgan fingerprint density at radius 1 is 1.63 bits per heavy atom. The number of esters is 1. The van der Waals surface area contributed by atoms with Gasteiger partial charge in [-0.15, -0.1) is 0 Å². The van der Waals surface area contributed by atoms with Crippen molar-refractivity contribution in [2.24, 2.45) is 5.92 Å². The molecule has 1 unspecified atom stereocenters. The Labute approximate surface area is 112 Å². The molecule has 102 valence electrons. The Morgan fingerprint density at radius 2 is 2.53 bits per heavy atom. The van der Waals surface area contributed by atoms with E-state index in [2.05, 4.69) is 4.98 Å². The zero-order chi connectivity index (χ0) is 13.2. The molecule has 4 atom stereocenters. The van der Waals surface area contributed by atoms with Crippen molar-refractivity contribution in [2.45, 2.75) is 31.9 Å². The molecule has 1 aromatic rings. The molecule has 0 spiro atoms. The molecule has 2 fully saturated rings. The van der Waals surface area contributed by atoms with Gasteiger partial charge in [-0.3, -0.25) is 9.82 Å². The molecule has 0 aliphatic carbocycles. The van der Waals surface area contributed by atoms with Crippen LogP contribution in [0.4, 0.5) is 0 Å². The van der Waals surface area contributed by atoms with E-state index in [0.717, 1.165) is 24.9 Å². The van der Waals surface area contributed by atoms with Crippen LogP contribution in [0.25, 0.3) is 0 Å². The number of carbonyl (C=O) groups excluding carboxylic acids is 1. The van der Waals surface area contributed by atoms with E-state index < -0.39 is 6.10 Å². The zero-order valence-electron chi connectivity index (χ0n) is 11.0. The number of hydroxylamine groups is 2. The molecular weight excluding hydrogens is 244 g/mol. The number of pyridine rings is 1. The number of ether oxygens (including phenoxy) is 1. The smallest absolute Gasteiger partial charge is 0.337 e. The number of rotatable bonds is 3. The van der Waals surface area contributed by atoms with Gasteiger partial charge in [-0.1, -0.05) is 6.07 Å². The minimum Gasteiger partial charge on any atom is -0.464 e. The van der Waals surface area contributed by atoms with Crippen LogP contribution in [0.5, 0.6) is 0 Å². The van der Waals surface area contributed by atoms with Gasteiger partial charge >= 0.3 is 5.97 Å². The highest BCUT2D eigenvalue weighted by molar-refractivity contribution is 5.75. The van der Waals surface area contributed by atoms with Gasteiger partial charge < -0.3 is 4.74 Å². The van der Waals surface area contributed by atoms with E-state index in [4.69, 9.17) is 9.57 Å². The molecule has 0 aromatic carbocycles. The third-order valence-corrected chi connectivity index (χ3v) is 3.81. The van der Waals surface area contributed by atoms with Crippen LogP contribution in [0.2, 0.25) is 0 Å². The van der Waals surface area contributed by atoms with Crippen LogP contribution < -0.4 is 0 Å². The first-order valence-corrected chi connectivity index (χ1v) is 6.81. The molecule has 0 radical (unpaired) electrons. The standard InChI is InChI=1S/C14H18N2O3/c1-2-18-14(17)13-11-6-4-8-16(19-13)12(11)10-5-3-7-15-9-10/h3,5,7,9,11-13H,2,4,6,8H2,1H3/t11-,12+,13+/m0/s1. The average molecular weight is 262 g/mol. The van der Waals surface area contributed by atoms with Gasteiger partial charge in [0.25, 0.3) is 0 Å². The maximum Gasteiger partial charge on any atom is 0.337 e. The van der Waals surface area contributed by atoms with E-state index in [1.165, 1.54) is 0 Å². The van der Waals surface area contributed by atoms with Gasteiger partial charge in [-0.2, -0.15) is 5.06 Å². The number of piperidine rings is 1. The summed E-state index contributed by atoms with van der Waals surface area (Å²) in [6, 6.07) is 4.08. The molecule has 0 amide bonds. The molecule has 2 bridgehead atoms. The normalized spacial score (nSPS) is 33.1. The van der Waals surface area contributed by atoms with E-state index in [9.17, 15) is 4.79 Å². The van der Waals surface area contributed by atoms with Gasteiger partial charge in [0.15, 0.2) is 6.10 Å². The Hall–Kier alpha value is -1.46. The Balaban J connectivity index is 1.85. The van der Waals surface area contributed by atoms with E-state index in [1.807, 2.05) is 30.3 Å². The van der Waals surface area contributed by atoms with Crippen LogP contribution in [0, 0.1) is 5.92 Å². The lowest BCUT2D eigenvalue weighted by Crippen LogP contribution is -2.32. The first-order valence-electron chi connectivity index (χ1n) is 6.81. The summed E-state index contributed by atoms with van der Waals surface area (Å²) in [5.41, 5.74) is 1.11. The predicted molar refractivity (Wildman–Crippen MR) is 67.9 cm³/mol. The van der Waals surface area contributed by atoms with Crippen molar-refractivity contribution in [1.82, 2.24) is 10.0 Å². The SMILES string of the molecule is CCOC(=O)[C@@H]1ON2CCC[C@H]1[C@H]2c1cccnc1. The molecule has 5 nitrogen and oxygen atoms in total. The van der Waals surface area contributed by atoms with Crippen molar-refractivity contribution >= 4 is 5.97 Å². The molecule has 2 saturated heterocycles. The molecule has 5 heteroatoms. The molecule has 2 aliphatic rings. The lowest BCUT2D eigenvalue weighted by molar-refractivity contribution is -0.188. The number of hydrogen-bond donors (Lipinski definition) is 0. The van der Waals surface area contributed by atoms with Crippen molar-refractivity contribution in [1.29, 1.82) is 0 Å². The number of aromatic nitrogens is 1. The van der Waals surface area contributed by atoms with Crippen molar-refractivity contribution in [3.8, 4) is 0 Å². The summed E-state index contributed by atoms with van der Waals surface area (Å²) in [6.45, 7) is 3.06. The quantitative estimate of drug-likeness (QED) is 0.776. The monoisotopic (exact) mass is 262 g/mol. The van der Waals surface area contributed by atoms with Gasteiger partial charge in [-0.05, 0) is 31.4 Å². The fraction of sp³-hybridized carbons (Fsp3) is 0.571. The maximum atomic E-state index is 12.0. The van der Waals surface area contributed by atoms with Gasteiger partial charge in [0.05, 0.1) is 12.6 Å². The topological polar surface area (TPSA) is 51.7 Å². The highest BCUT2D eigenvalue weighted by Crippen LogP contribution is 2.45. The second-order valence-corrected chi connectivity index (χ2v) is 4.96. The molecular formula is C14H18N2O3. The number of carbonyl (C=O) groups is 1. The zero-order valence-corrected chi connectivity index (χ0v) is 11.0. The third kappa shape index (κ3) is 2.24. The van der Waals surface area contributed by atoms with E-state index in [-0.39, 0.29) is 17.9 Å². The van der Waals surface area contributed by atoms with Gasteiger partial charge in [0.2, 0.25) is 0 Å². The summed E-state index contributed by atoms with van der Waals surface area (Å²) in [5, 5.41) is 1.92. The predicted octanol–water partition coefficient (Wildman–Crippen LogP) is 1.71. The number of nitrogens with zero attached hydrogens (tertiary/aromatic N) is 2. The molecule has 1 aromatic heterocycles. The van der Waals surface area contributed by atoms with Gasteiger partial charge in [-0.25, -0.2) is 4.79 Å². The van der Waals surface area contributed by atoms with Crippen molar-refractivity contribution in [3.63, 3.8) is 0 Å². The molecule has 3 heterocycles. The summed E-state index contributed by atoms with van der Waals surface area (Å²) in [4.78, 5) is 21.9. The lowest BCUT2D eigenvalue weighted by atomic mass is 9.84. The van der Waals surface area contributed by atoms with Crippen LogP contribution in [0.1, 0.15) is 31.4 Å². The van der Waals surface area contributed by atoms with Crippen LogP contribution >= 0.6 is 0 Å². The summed E-state index contributed by atoms with van der Waals surface area (Å²) < 4.78 is 5.11. The van der Waals surface area contributed by atoms with Gasteiger partial charge in [0.1, 0.15) is 0 Å². The third-order valence-electron chi connectivity index (χ3n) is 3.81. The largest absolute Gasteiger partial charge is 0.464 e. The Kier molecular flexibility index (Phi) is 3.48. The first-order chi connectivity index (χ1) is 9.31. The van der Waals surface area contributed by atoms with Crippen molar-refractivity contribution in [3.05, 3.63) is 30.1 Å². The second-order valence-electron chi connectivity index (χ2n) is 4.96. The average Bonchev–Trinajstić information content (AvgIpc) is 2.66. The molecule has 0 saturated carbocycles. The van der Waals surface area contributed by atoms with Crippen molar-refractivity contribution < 1.29 is 14.4 Å². The molecule has 19 heavy (non-hydrogen) atoms. The Bertz CT molecular complexity index is 451. The highest BCUT2D eigenvalue weighted by Gasteiger charge is 2.50. The number of hydrogen-bond acceptors (Lipinski definition) is 5. The fourth-order valence-electron chi connectivity index (χ4n) is 3.06. The van der Waals surface area contributed by atoms with Crippen LogP contribution in [-0.4, -0.2) is 35.3 Å². The van der Waals surface area contributed by atoms with E-state index in [1.54, 1.807) is 6.20 Å². The maximum absolute atomic E-state index is 12.0. The molecule has 0 N–H and O–H groups in total. The minimum atomic E-state index is -0.465. The van der Waals surface area contributed by atoms with E-state index in [0.29, 0.717) is 6.61 Å².